The Balaban J connectivity index is 1.48. The van der Waals surface area contributed by atoms with Crippen LogP contribution in [0.4, 0.5) is 0 Å². The highest BCUT2D eigenvalue weighted by Gasteiger charge is 2.39. The van der Waals surface area contributed by atoms with Gasteiger partial charge in [-0.25, -0.2) is 9.97 Å². The molecule has 6 aromatic carbocycles. The average molecular weight is 543 g/mol. The van der Waals surface area contributed by atoms with E-state index < -0.39 is 23.5 Å². The summed E-state index contributed by atoms with van der Waals surface area (Å²) in [4.78, 5) is 10.5. The molecule has 2 heterocycles. The van der Waals surface area contributed by atoms with Crippen molar-refractivity contribution in [1.29, 1.82) is 0 Å². The lowest BCUT2D eigenvalue weighted by atomic mass is 9.85. The molecule has 0 saturated carbocycles. The molecule has 9 rings (SSSR count). The lowest BCUT2D eigenvalue weighted by molar-refractivity contribution is 0.632. The quantitative estimate of drug-likeness (QED) is 0.218. The largest absolute Gasteiger partial charge is 0.278 e. The molecule has 1 aliphatic rings. The number of nitrogens with zero attached hydrogens (tertiary/aromatic N) is 3. The van der Waals surface area contributed by atoms with Gasteiger partial charge in [0.2, 0.25) is 5.95 Å². The predicted octanol–water partition coefficient (Wildman–Crippen LogP) is 9.85. The van der Waals surface area contributed by atoms with E-state index in [1.807, 2.05) is 42.5 Å². The second-order valence-corrected chi connectivity index (χ2v) is 11.5. The van der Waals surface area contributed by atoms with Gasteiger partial charge in [-0.1, -0.05) is 117 Å². The van der Waals surface area contributed by atoms with E-state index in [4.69, 9.17) is 16.8 Å². The van der Waals surface area contributed by atoms with Crippen molar-refractivity contribution in [1.82, 2.24) is 14.5 Å². The summed E-state index contributed by atoms with van der Waals surface area (Å²) >= 11 is 0. The Morgan fingerprint density at radius 1 is 0.643 bits per heavy atom. The summed E-state index contributed by atoms with van der Waals surface area (Å²) in [5.41, 5.74) is 5.12. The molecule has 0 fully saturated rings. The molecule has 0 N–H and O–H groups in total. The van der Waals surface area contributed by atoms with Crippen molar-refractivity contribution in [2.75, 3.05) is 0 Å². The Morgan fingerprint density at radius 3 is 1.81 bits per heavy atom. The maximum atomic E-state index is 8.97. The number of fused-ring (bicyclic) bond motifs is 8. The van der Waals surface area contributed by atoms with Crippen LogP contribution in [0, 0.1) is 0 Å². The Kier molecular flexibility index (Phi) is 3.78. The molecule has 0 amide bonds. The lowest BCUT2D eigenvalue weighted by Gasteiger charge is -2.21. The van der Waals surface area contributed by atoms with Gasteiger partial charge in [-0.3, -0.25) is 4.57 Å². The van der Waals surface area contributed by atoms with Crippen molar-refractivity contribution in [3.63, 3.8) is 0 Å². The van der Waals surface area contributed by atoms with E-state index in [2.05, 4.69) is 73.0 Å². The first-order valence-corrected chi connectivity index (χ1v) is 14.1. The van der Waals surface area contributed by atoms with Gasteiger partial charge in [0.15, 0.2) is 0 Å². The van der Waals surface area contributed by atoms with Crippen molar-refractivity contribution >= 4 is 43.4 Å². The first-order chi connectivity index (χ1) is 22.6. The van der Waals surface area contributed by atoms with Crippen molar-refractivity contribution in [2.45, 2.75) is 19.3 Å². The van der Waals surface area contributed by atoms with Crippen molar-refractivity contribution in [3.8, 4) is 28.3 Å². The minimum Gasteiger partial charge on any atom is -0.278 e. The SMILES string of the molecule is [2H]c1c([2H])c([2H])c(-c2nc(-n3c4cc5ccccc5cc4c4cc5ccccc5cc43)nc3c2-c2ccccc2C3(C)C)c([2H])c1[2H]. The topological polar surface area (TPSA) is 30.7 Å². The van der Waals surface area contributed by atoms with E-state index in [1.165, 1.54) is 0 Å². The molecule has 1 aliphatic carbocycles. The van der Waals surface area contributed by atoms with E-state index >= 15 is 0 Å². The highest BCUT2D eigenvalue weighted by atomic mass is 15.2. The number of rotatable bonds is 2. The zero-order valence-corrected chi connectivity index (χ0v) is 23.1. The summed E-state index contributed by atoms with van der Waals surface area (Å²) in [6.45, 7) is 4.24. The van der Waals surface area contributed by atoms with Gasteiger partial charge in [0, 0.05) is 27.3 Å². The zero-order valence-electron chi connectivity index (χ0n) is 28.1. The standard InChI is InChI=1S/C39H27N3/c1-39(2)32-19-11-10-18-29(32)35-36(24-12-4-3-5-13-24)40-38(41-37(35)39)42-33-22-27-16-8-6-14-25(27)20-30(33)31-21-26-15-7-9-17-28(26)23-34(31)42/h3-23H,1-2H3/i3D,4D,5D,12D,13D. The molecule has 0 saturated heterocycles. The molecule has 0 aliphatic heterocycles. The van der Waals surface area contributed by atoms with E-state index in [9.17, 15) is 0 Å². The van der Waals surface area contributed by atoms with Crippen molar-refractivity contribution in [2.24, 2.45) is 0 Å². The molecule has 0 atom stereocenters. The van der Waals surface area contributed by atoms with Crippen LogP contribution >= 0.6 is 0 Å². The fourth-order valence-electron chi connectivity index (χ4n) is 6.78. The molecule has 3 nitrogen and oxygen atoms in total. The highest BCUT2D eigenvalue weighted by molar-refractivity contribution is 6.16. The lowest BCUT2D eigenvalue weighted by Crippen LogP contribution is -2.18. The molecule has 0 unspecified atom stereocenters. The van der Waals surface area contributed by atoms with Crippen LogP contribution in [-0.4, -0.2) is 14.5 Å². The van der Waals surface area contributed by atoms with Crippen molar-refractivity contribution < 1.29 is 6.85 Å². The molecule has 2 aromatic heterocycles. The monoisotopic (exact) mass is 542 g/mol. The van der Waals surface area contributed by atoms with Crippen LogP contribution in [0.3, 0.4) is 0 Å². The second kappa shape index (κ2) is 8.37. The number of hydrogen-bond donors (Lipinski definition) is 0. The summed E-state index contributed by atoms with van der Waals surface area (Å²) in [6.07, 6.45) is 0. The van der Waals surface area contributed by atoms with Crippen LogP contribution in [0.1, 0.15) is 32.0 Å². The van der Waals surface area contributed by atoms with Gasteiger partial charge in [0.05, 0.1) is 29.3 Å². The molecule has 198 valence electrons. The zero-order chi connectivity index (χ0) is 32.4. The summed E-state index contributed by atoms with van der Waals surface area (Å²) < 4.78 is 45.3. The predicted molar refractivity (Wildman–Crippen MR) is 174 cm³/mol. The van der Waals surface area contributed by atoms with Gasteiger partial charge in [0.25, 0.3) is 0 Å². The first kappa shape index (κ1) is 19.0. The smallest absolute Gasteiger partial charge is 0.235 e. The van der Waals surface area contributed by atoms with Crippen LogP contribution in [0.5, 0.6) is 0 Å². The van der Waals surface area contributed by atoms with E-state index in [0.29, 0.717) is 17.2 Å². The normalized spacial score (nSPS) is 15.3. The number of benzene rings is 6. The summed E-state index contributed by atoms with van der Waals surface area (Å²) in [5.74, 6) is 0.386. The summed E-state index contributed by atoms with van der Waals surface area (Å²) in [7, 11) is 0. The molecule has 0 bridgehead atoms. The number of hydrogen-bond acceptors (Lipinski definition) is 2. The Labute approximate surface area is 250 Å². The maximum Gasteiger partial charge on any atom is 0.235 e. The third kappa shape index (κ3) is 3.16. The van der Waals surface area contributed by atoms with Gasteiger partial charge in [0.1, 0.15) is 0 Å². The minimum atomic E-state index is -0.538. The van der Waals surface area contributed by atoms with Crippen LogP contribution in [0.25, 0.3) is 71.7 Å². The Bertz CT molecular complexity index is 2550. The van der Waals surface area contributed by atoms with E-state index in [-0.39, 0.29) is 17.6 Å². The van der Waals surface area contributed by atoms with Gasteiger partial charge in [-0.05, 0) is 56.9 Å². The fourth-order valence-corrected chi connectivity index (χ4v) is 6.78. The van der Waals surface area contributed by atoms with Crippen LogP contribution < -0.4 is 0 Å². The van der Waals surface area contributed by atoms with Gasteiger partial charge >= 0.3 is 0 Å². The molecular weight excluding hydrogens is 510 g/mol. The summed E-state index contributed by atoms with van der Waals surface area (Å²) in [6, 6.07) is 31.5. The summed E-state index contributed by atoms with van der Waals surface area (Å²) in [5, 5.41) is 6.51. The molecule has 42 heavy (non-hydrogen) atoms. The third-order valence-electron chi connectivity index (χ3n) is 8.80. The first-order valence-electron chi connectivity index (χ1n) is 16.6. The Hall–Kier alpha value is -5.28. The van der Waals surface area contributed by atoms with Gasteiger partial charge in [-0.2, -0.15) is 0 Å². The van der Waals surface area contributed by atoms with Gasteiger partial charge in [-0.15, -0.1) is 0 Å². The van der Waals surface area contributed by atoms with Crippen LogP contribution in [0.15, 0.2) is 127 Å². The molecule has 3 heteroatoms. The maximum absolute atomic E-state index is 8.97. The van der Waals surface area contributed by atoms with Crippen molar-refractivity contribution in [3.05, 3.63) is 139 Å². The van der Waals surface area contributed by atoms with Crippen LogP contribution in [0.2, 0.25) is 0 Å². The third-order valence-corrected chi connectivity index (χ3v) is 8.80. The second-order valence-electron chi connectivity index (χ2n) is 11.5. The van der Waals surface area contributed by atoms with E-state index in [0.717, 1.165) is 60.2 Å². The average Bonchev–Trinajstić information content (AvgIpc) is 3.51. The molecule has 0 radical (unpaired) electrons. The Morgan fingerprint density at radius 2 is 1.19 bits per heavy atom. The van der Waals surface area contributed by atoms with Crippen LogP contribution in [-0.2, 0) is 5.41 Å². The molecule has 0 spiro atoms. The van der Waals surface area contributed by atoms with E-state index in [1.54, 1.807) is 0 Å². The van der Waals surface area contributed by atoms with Gasteiger partial charge < -0.3 is 0 Å². The number of aromatic nitrogens is 3. The molecule has 8 aromatic rings. The minimum absolute atomic E-state index is 0.0695. The highest BCUT2D eigenvalue weighted by Crippen LogP contribution is 2.51. The molecular formula is C39H27N3. The fraction of sp³-hybridized carbons (Fsp3) is 0.0769.